The highest BCUT2D eigenvalue weighted by Crippen LogP contribution is 2.40. The minimum atomic E-state index is -4.46. The molecule has 1 rings (SSSR count). The van der Waals surface area contributed by atoms with Crippen LogP contribution in [0, 0.1) is 0 Å². The van der Waals surface area contributed by atoms with Crippen LogP contribution < -0.4 is 10.5 Å². The second kappa shape index (κ2) is 4.40. The molecule has 6 heteroatoms. The number of rotatable bonds is 2. The van der Waals surface area contributed by atoms with Gasteiger partial charge in [-0.15, -0.1) is 0 Å². The average Bonchev–Trinajstić information content (AvgIpc) is 2.14. The first-order valence-corrected chi connectivity index (χ1v) is 4.83. The Hall–Kier alpha value is -0.750. The van der Waals surface area contributed by atoms with Gasteiger partial charge in [0.2, 0.25) is 0 Å². The molecule has 0 spiro atoms. The smallest absolute Gasteiger partial charge is 0.420 e. The molecule has 0 amide bonds. The number of methoxy groups -OCH3 is 1. The Morgan fingerprint density at radius 1 is 1.40 bits per heavy atom. The molecule has 0 saturated heterocycles. The van der Waals surface area contributed by atoms with Gasteiger partial charge in [0.15, 0.2) is 0 Å². The van der Waals surface area contributed by atoms with E-state index in [1.165, 1.54) is 19.2 Å². The van der Waals surface area contributed by atoms with Crippen molar-refractivity contribution in [1.82, 2.24) is 0 Å². The van der Waals surface area contributed by atoms with E-state index in [0.717, 1.165) is 0 Å². The highest BCUT2D eigenvalue weighted by molar-refractivity contribution is 9.10. The maximum atomic E-state index is 12.7. The second-order valence-corrected chi connectivity index (χ2v) is 3.76. The number of benzene rings is 1. The Balaban J connectivity index is 3.44. The van der Waals surface area contributed by atoms with Gasteiger partial charge in [-0.1, -0.05) is 15.9 Å². The van der Waals surface area contributed by atoms with Gasteiger partial charge < -0.3 is 10.5 Å². The molecular weight excluding hydrogens is 275 g/mol. The molecule has 0 radical (unpaired) electrons. The largest absolute Gasteiger partial charge is 0.496 e. The van der Waals surface area contributed by atoms with Crippen LogP contribution in [0.2, 0.25) is 0 Å². The predicted molar refractivity (Wildman–Crippen MR) is 53.6 cm³/mol. The van der Waals surface area contributed by atoms with Crippen molar-refractivity contribution in [2.45, 2.75) is 12.7 Å². The number of hydrogen-bond acceptors (Lipinski definition) is 2. The lowest BCUT2D eigenvalue weighted by Gasteiger charge is -2.16. The Morgan fingerprint density at radius 3 is 2.40 bits per heavy atom. The van der Waals surface area contributed by atoms with Gasteiger partial charge >= 0.3 is 6.18 Å². The molecular formula is C9H9BrF3NO. The summed E-state index contributed by atoms with van der Waals surface area (Å²) >= 11 is 3.09. The average molecular weight is 284 g/mol. The number of nitrogens with two attached hydrogens (primary N) is 1. The van der Waals surface area contributed by atoms with E-state index in [1.807, 2.05) is 0 Å². The first kappa shape index (κ1) is 12.3. The van der Waals surface area contributed by atoms with Crippen molar-refractivity contribution < 1.29 is 17.9 Å². The van der Waals surface area contributed by atoms with E-state index < -0.39 is 11.7 Å². The van der Waals surface area contributed by atoms with Crippen LogP contribution in [-0.2, 0) is 12.7 Å². The monoisotopic (exact) mass is 283 g/mol. The summed E-state index contributed by atoms with van der Waals surface area (Å²) in [4.78, 5) is 0. The molecule has 15 heavy (non-hydrogen) atoms. The van der Waals surface area contributed by atoms with Gasteiger partial charge in [0.25, 0.3) is 0 Å². The van der Waals surface area contributed by atoms with E-state index in [-0.39, 0.29) is 17.9 Å². The fourth-order valence-electron chi connectivity index (χ4n) is 1.28. The summed E-state index contributed by atoms with van der Waals surface area (Å²) < 4.78 is 43.2. The molecule has 0 heterocycles. The van der Waals surface area contributed by atoms with Crippen LogP contribution in [0.15, 0.2) is 16.6 Å². The third-order valence-corrected chi connectivity index (χ3v) is 2.33. The van der Waals surface area contributed by atoms with Crippen molar-refractivity contribution in [3.8, 4) is 5.75 Å². The minimum absolute atomic E-state index is 0.00808. The minimum Gasteiger partial charge on any atom is -0.496 e. The zero-order chi connectivity index (χ0) is 11.6. The molecule has 2 nitrogen and oxygen atoms in total. The van der Waals surface area contributed by atoms with Gasteiger partial charge in [0, 0.05) is 11.0 Å². The van der Waals surface area contributed by atoms with Gasteiger partial charge in [0.05, 0.1) is 7.11 Å². The normalized spacial score (nSPS) is 11.6. The number of halogens is 4. The Kier molecular flexibility index (Phi) is 3.62. The molecule has 1 aromatic rings. The van der Waals surface area contributed by atoms with Crippen LogP contribution in [0.4, 0.5) is 13.2 Å². The molecule has 84 valence electrons. The summed E-state index contributed by atoms with van der Waals surface area (Å²) in [5, 5.41) is 0. The third kappa shape index (κ3) is 2.63. The van der Waals surface area contributed by atoms with Crippen LogP contribution in [0.1, 0.15) is 11.1 Å². The third-order valence-electron chi connectivity index (χ3n) is 1.87. The van der Waals surface area contributed by atoms with Gasteiger partial charge in [-0.2, -0.15) is 13.2 Å². The van der Waals surface area contributed by atoms with E-state index in [0.29, 0.717) is 4.47 Å². The maximum Gasteiger partial charge on any atom is 0.420 e. The van der Waals surface area contributed by atoms with Crippen molar-refractivity contribution in [2.75, 3.05) is 7.11 Å². The molecule has 1 aromatic carbocycles. The first-order chi connectivity index (χ1) is 6.90. The molecule has 0 saturated carbocycles. The molecule has 0 atom stereocenters. The van der Waals surface area contributed by atoms with Crippen LogP contribution in [0.25, 0.3) is 0 Å². The summed E-state index contributed by atoms with van der Waals surface area (Å²) in [7, 11) is 1.19. The highest BCUT2D eigenvalue weighted by Gasteiger charge is 2.36. The molecule has 0 aliphatic carbocycles. The van der Waals surface area contributed by atoms with Crippen LogP contribution in [0.5, 0.6) is 5.75 Å². The fourth-order valence-corrected chi connectivity index (χ4v) is 1.76. The molecule has 0 aliphatic rings. The van der Waals surface area contributed by atoms with E-state index in [2.05, 4.69) is 20.7 Å². The Labute approximate surface area is 93.3 Å². The van der Waals surface area contributed by atoms with Crippen molar-refractivity contribution in [3.05, 3.63) is 27.7 Å². The molecule has 2 N–H and O–H groups in total. The number of alkyl halides is 3. The first-order valence-electron chi connectivity index (χ1n) is 4.03. The van der Waals surface area contributed by atoms with E-state index in [9.17, 15) is 13.2 Å². The lowest BCUT2D eigenvalue weighted by Crippen LogP contribution is -2.13. The molecule has 0 fully saturated rings. The Bertz CT molecular complexity index is 340. The summed E-state index contributed by atoms with van der Waals surface area (Å²) in [6.45, 7) is -0.190. The van der Waals surface area contributed by atoms with Crippen LogP contribution in [-0.4, -0.2) is 7.11 Å². The highest BCUT2D eigenvalue weighted by atomic mass is 79.9. The summed E-state index contributed by atoms with van der Waals surface area (Å²) in [6, 6.07) is 2.60. The number of hydrogen-bond donors (Lipinski definition) is 1. The molecule has 0 unspecified atom stereocenters. The summed E-state index contributed by atoms with van der Waals surface area (Å²) in [5.41, 5.74) is 4.46. The van der Waals surface area contributed by atoms with E-state index in [4.69, 9.17) is 5.73 Å². The van der Waals surface area contributed by atoms with Gasteiger partial charge in [0.1, 0.15) is 11.3 Å². The van der Waals surface area contributed by atoms with Gasteiger partial charge in [-0.3, -0.25) is 0 Å². The predicted octanol–water partition coefficient (Wildman–Crippen LogP) is 2.94. The lowest BCUT2D eigenvalue weighted by atomic mass is 10.1. The van der Waals surface area contributed by atoms with Crippen molar-refractivity contribution in [1.29, 1.82) is 0 Å². The SMILES string of the molecule is COc1cc(Br)cc(CN)c1C(F)(F)F. The van der Waals surface area contributed by atoms with Crippen molar-refractivity contribution >= 4 is 15.9 Å². The quantitative estimate of drug-likeness (QED) is 0.906. The van der Waals surface area contributed by atoms with Crippen molar-refractivity contribution in [2.24, 2.45) is 5.73 Å². The lowest BCUT2D eigenvalue weighted by molar-refractivity contribution is -0.139. The van der Waals surface area contributed by atoms with Crippen LogP contribution >= 0.6 is 15.9 Å². The molecule has 0 aromatic heterocycles. The van der Waals surface area contributed by atoms with Crippen LogP contribution in [0.3, 0.4) is 0 Å². The summed E-state index contributed by atoms with van der Waals surface area (Å²) in [6.07, 6.45) is -4.46. The zero-order valence-electron chi connectivity index (χ0n) is 7.86. The summed E-state index contributed by atoms with van der Waals surface area (Å²) in [5.74, 6) is -0.225. The standard InChI is InChI=1S/C9H9BrF3NO/c1-15-7-3-6(10)2-5(4-14)8(7)9(11,12)13/h2-3H,4,14H2,1H3. The molecule has 0 aliphatic heterocycles. The second-order valence-electron chi connectivity index (χ2n) is 2.84. The van der Waals surface area contributed by atoms with E-state index >= 15 is 0 Å². The maximum absolute atomic E-state index is 12.7. The van der Waals surface area contributed by atoms with E-state index in [1.54, 1.807) is 0 Å². The fraction of sp³-hybridized carbons (Fsp3) is 0.333. The van der Waals surface area contributed by atoms with Crippen molar-refractivity contribution in [3.63, 3.8) is 0 Å². The van der Waals surface area contributed by atoms with Gasteiger partial charge in [-0.25, -0.2) is 0 Å². The zero-order valence-corrected chi connectivity index (χ0v) is 9.45. The Morgan fingerprint density at radius 2 is 2.00 bits per heavy atom. The topological polar surface area (TPSA) is 35.2 Å². The number of ether oxygens (including phenoxy) is 1. The van der Waals surface area contributed by atoms with Gasteiger partial charge in [-0.05, 0) is 17.7 Å². The molecule has 0 bridgehead atoms.